The summed E-state index contributed by atoms with van der Waals surface area (Å²) in [7, 11) is 0. The zero-order valence-corrected chi connectivity index (χ0v) is 11.3. The first-order valence-corrected chi connectivity index (χ1v) is 6.80. The van der Waals surface area contributed by atoms with E-state index in [0.717, 1.165) is 25.7 Å². The average Bonchev–Trinajstić information content (AvgIpc) is 2.36. The summed E-state index contributed by atoms with van der Waals surface area (Å²) >= 11 is 5.85. The van der Waals surface area contributed by atoms with Crippen molar-refractivity contribution in [2.45, 2.75) is 31.8 Å². The van der Waals surface area contributed by atoms with Gasteiger partial charge in [-0.2, -0.15) is 0 Å². The highest BCUT2D eigenvalue weighted by atomic mass is 35.5. The van der Waals surface area contributed by atoms with E-state index in [2.05, 4.69) is 5.32 Å². The molecule has 1 aromatic rings. The molecular weight excluding hydrogens is 268 g/mol. The van der Waals surface area contributed by atoms with E-state index >= 15 is 0 Å². The maximum absolute atomic E-state index is 11.0. The van der Waals surface area contributed by atoms with Gasteiger partial charge in [-0.3, -0.25) is 10.1 Å². The Kier molecular flexibility index (Phi) is 4.61. The Morgan fingerprint density at radius 3 is 2.95 bits per heavy atom. The van der Waals surface area contributed by atoms with Crippen LogP contribution in [0.4, 0.5) is 11.4 Å². The minimum absolute atomic E-state index is 0.0828. The van der Waals surface area contributed by atoms with Crippen molar-refractivity contribution in [3.63, 3.8) is 0 Å². The highest BCUT2D eigenvalue weighted by Crippen LogP contribution is 2.33. The number of para-hydroxylation sites is 1. The number of benzene rings is 1. The lowest BCUT2D eigenvalue weighted by Crippen LogP contribution is -2.25. The molecule has 0 amide bonds. The molecule has 1 aromatic carbocycles. The van der Waals surface area contributed by atoms with Crippen molar-refractivity contribution in [1.82, 2.24) is 0 Å². The van der Waals surface area contributed by atoms with Gasteiger partial charge < -0.3 is 10.4 Å². The van der Waals surface area contributed by atoms with Crippen LogP contribution in [0.1, 0.15) is 25.7 Å². The van der Waals surface area contributed by atoms with Crippen LogP contribution in [-0.4, -0.2) is 22.7 Å². The molecular formula is C13H17ClN2O3. The molecule has 1 saturated carbocycles. The van der Waals surface area contributed by atoms with Crippen LogP contribution in [0.5, 0.6) is 0 Å². The van der Waals surface area contributed by atoms with E-state index in [1.165, 1.54) is 6.07 Å². The van der Waals surface area contributed by atoms with Gasteiger partial charge in [0.2, 0.25) is 0 Å². The second kappa shape index (κ2) is 6.21. The molecule has 0 spiro atoms. The molecule has 104 valence electrons. The van der Waals surface area contributed by atoms with Crippen molar-refractivity contribution in [3.8, 4) is 0 Å². The van der Waals surface area contributed by atoms with Crippen LogP contribution in [0, 0.1) is 16.0 Å². The van der Waals surface area contributed by atoms with Crippen LogP contribution in [0.25, 0.3) is 0 Å². The van der Waals surface area contributed by atoms with E-state index < -0.39 is 4.92 Å². The van der Waals surface area contributed by atoms with E-state index in [1.54, 1.807) is 12.1 Å². The number of aliphatic hydroxyl groups is 1. The minimum atomic E-state index is -0.472. The van der Waals surface area contributed by atoms with E-state index in [-0.39, 0.29) is 16.8 Å². The van der Waals surface area contributed by atoms with Crippen LogP contribution in [0.2, 0.25) is 5.02 Å². The van der Waals surface area contributed by atoms with Crippen LogP contribution < -0.4 is 5.32 Å². The molecule has 0 aromatic heterocycles. The number of nitro groups is 1. The third kappa shape index (κ3) is 3.58. The number of hydrogen-bond acceptors (Lipinski definition) is 4. The molecule has 1 fully saturated rings. The SMILES string of the molecule is O=[N+]([O-])c1c(Cl)cccc1NCC1CCCC(O)C1. The molecule has 5 nitrogen and oxygen atoms in total. The fraction of sp³-hybridized carbons (Fsp3) is 0.538. The summed E-state index contributed by atoms with van der Waals surface area (Å²) in [6.45, 7) is 0.623. The van der Waals surface area contributed by atoms with Crippen molar-refractivity contribution in [2.75, 3.05) is 11.9 Å². The monoisotopic (exact) mass is 284 g/mol. The van der Waals surface area contributed by atoms with Gasteiger partial charge in [-0.25, -0.2) is 0 Å². The molecule has 1 aliphatic carbocycles. The van der Waals surface area contributed by atoms with Crippen molar-refractivity contribution in [1.29, 1.82) is 0 Å². The fourth-order valence-corrected chi connectivity index (χ4v) is 2.79. The van der Waals surface area contributed by atoms with E-state index in [1.807, 2.05) is 0 Å². The van der Waals surface area contributed by atoms with Crippen LogP contribution in [0.15, 0.2) is 18.2 Å². The topological polar surface area (TPSA) is 75.4 Å². The molecule has 19 heavy (non-hydrogen) atoms. The first-order valence-electron chi connectivity index (χ1n) is 6.42. The van der Waals surface area contributed by atoms with Crippen LogP contribution in [0.3, 0.4) is 0 Å². The largest absolute Gasteiger partial charge is 0.393 e. The Labute approximate surface area is 116 Å². The summed E-state index contributed by atoms with van der Waals surface area (Å²) in [6, 6.07) is 4.85. The van der Waals surface area contributed by atoms with E-state index in [0.29, 0.717) is 18.2 Å². The summed E-state index contributed by atoms with van der Waals surface area (Å²) in [5.74, 6) is 0.349. The highest BCUT2D eigenvalue weighted by Gasteiger charge is 2.22. The van der Waals surface area contributed by atoms with Crippen molar-refractivity contribution in [2.24, 2.45) is 5.92 Å². The van der Waals surface area contributed by atoms with Gasteiger partial charge in [0.1, 0.15) is 10.7 Å². The fourth-order valence-electron chi connectivity index (χ4n) is 2.55. The lowest BCUT2D eigenvalue weighted by Gasteiger charge is -2.26. The average molecular weight is 285 g/mol. The highest BCUT2D eigenvalue weighted by molar-refractivity contribution is 6.33. The molecule has 2 rings (SSSR count). The van der Waals surface area contributed by atoms with Gasteiger partial charge in [0.25, 0.3) is 0 Å². The normalized spacial score (nSPS) is 23.1. The maximum atomic E-state index is 11.0. The summed E-state index contributed by atoms with van der Waals surface area (Å²) in [5.41, 5.74) is 0.359. The van der Waals surface area contributed by atoms with E-state index in [9.17, 15) is 15.2 Å². The third-order valence-electron chi connectivity index (χ3n) is 3.51. The van der Waals surface area contributed by atoms with Gasteiger partial charge in [-0.05, 0) is 37.3 Å². The number of nitro benzene ring substituents is 1. The number of hydrogen-bond donors (Lipinski definition) is 2. The molecule has 1 aliphatic rings. The van der Waals surface area contributed by atoms with Crippen LogP contribution in [-0.2, 0) is 0 Å². The first-order chi connectivity index (χ1) is 9.08. The second-order valence-corrected chi connectivity index (χ2v) is 5.37. The van der Waals surface area contributed by atoms with Gasteiger partial charge in [-0.1, -0.05) is 24.1 Å². The lowest BCUT2D eigenvalue weighted by molar-refractivity contribution is -0.383. The molecule has 2 N–H and O–H groups in total. The van der Waals surface area contributed by atoms with Gasteiger partial charge in [0.15, 0.2) is 0 Å². The zero-order valence-electron chi connectivity index (χ0n) is 10.5. The molecule has 0 aliphatic heterocycles. The summed E-state index contributed by atoms with van der Waals surface area (Å²) in [4.78, 5) is 10.5. The van der Waals surface area contributed by atoms with Gasteiger partial charge >= 0.3 is 5.69 Å². The lowest BCUT2D eigenvalue weighted by atomic mass is 9.87. The standard InChI is InChI=1S/C13H17ClN2O3/c14-11-5-2-6-12(13(11)16(18)19)15-8-9-3-1-4-10(17)7-9/h2,5-6,9-10,15,17H,1,3-4,7-8H2. The molecule has 2 atom stereocenters. The van der Waals surface area contributed by atoms with Crippen molar-refractivity contribution >= 4 is 23.0 Å². The Morgan fingerprint density at radius 2 is 2.26 bits per heavy atom. The predicted octanol–water partition coefficient (Wildman–Crippen LogP) is 3.21. The summed E-state index contributed by atoms with van der Waals surface area (Å²) in [5, 5.41) is 23.8. The minimum Gasteiger partial charge on any atom is -0.393 e. The second-order valence-electron chi connectivity index (χ2n) is 4.96. The number of halogens is 1. The number of rotatable bonds is 4. The Morgan fingerprint density at radius 1 is 1.47 bits per heavy atom. The van der Waals surface area contributed by atoms with Gasteiger partial charge in [-0.15, -0.1) is 0 Å². The molecule has 0 bridgehead atoms. The Bertz CT molecular complexity index is 467. The molecule has 0 radical (unpaired) electrons. The molecule has 2 unspecified atom stereocenters. The Balaban J connectivity index is 2.03. The number of aliphatic hydroxyl groups excluding tert-OH is 1. The van der Waals surface area contributed by atoms with Gasteiger partial charge in [0.05, 0.1) is 11.0 Å². The first kappa shape index (κ1) is 14.1. The van der Waals surface area contributed by atoms with Gasteiger partial charge in [0, 0.05) is 6.54 Å². The van der Waals surface area contributed by atoms with E-state index in [4.69, 9.17) is 11.6 Å². The third-order valence-corrected chi connectivity index (χ3v) is 3.81. The summed E-state index contributed by atoms with van der Waals surface area (Å²) in [6.07, 6.45) is 3.41. The smallest absolute Gasteiger partial charge is 0.310 e. The van der Waals surface area contributed by atoms with Crippen molar-refractivity contribution in [3.05, 3.63) is 33.3 Å². The molecule has 0 saturated heterocycles. The predicted molar refractivity (Wildman–Crippen MR) is 74.6 cm³/mol. The number of nitrogens with zero attached hydrogens (tertiary/aromatic N) is 1. The van der Waals surface area contributed by atoms with Crippen molar-refractivity contribution < 1.29 is 10.0 Å². The Hall–Kier alpha value is -1.33. The maximum Gasteiger partial charge on any atom is 0.310 e. The number of anilines is 1. The molecule has 6 heteroatoms. The molecule has 0 heterocycles. The number of nitrogens with one attached hydrogen (secondary N) is 1. The van der Waals surface area contributed by atoms with Crippen LogP contribution >= 0.6 is 11.6 Å². The summed E-state index contributed by atoms with van der Waals surface area (Å²) < 4.78 is 0. The quantitative estimate of drug-likeness (QED) is 0.657. The zero-order chi connectivity index (χ0) is 13.8.